The van der Waals surface area contributed by atoms with E-state index in [1.807, 2.05) is 0 Å². The maximum atomic E-state index is 12.4. The zero-order chi connectivity index (χ0) is 13.9. The standard InChI is InChI=1S/C13H17N3O2S/c1-18-10-8-15-7-4-9(10)11(17)16-13(12(14)19)5-2-3-6-13/h4,7-8H,2-3,5-6H2,1H3,(H2,14,19)(H,16,17). The first-order chi connectivity index (χ1) is 9.09. The van der Waals surface area contributed by atoms with E-state index in [1.165, 1.54) is 13.3 Å². The summed E-state index contributed by atoms with van der Waals surface area (Å²) in [5, 5.41) is 2.97. The van der Waals surface area contributed by atoms with Crippen LogP contribution in [0.3, 0.4) is 0 Å². The first-order valence-electron chi connectivity index (χ1n) is 6.19. The van der Waals surface area contributed by atoms with Gasteiger partial charge in [0.1, 0.15) is 5.75 Å². The maximum absolute atomic E-state index is 12.4. The van der Waals surface area contributed by atoms with E-state index in [0.717, 1.165) is 25.7 Å². The summed E-state index contributed by atoms with van der Waals surface area (Å²) in [6, 6.07) is 1.62. The highest BCUT2D eigenvalue weighted by Gasteiger charge is 2.38. The number of hydrogen-bond acceptors (Lipinski definition) is 4. The van der Waals surface area contributed by atoms with Crippen molar-refractivity contribution >= 4 is 23.1 Å². The molecule has 1 heterocycles. The molecule has 1 aliphatic rings. The van der Waals surface area contributed by atoms with Crippen molar-refractivity contribution in [3.63, 3.8) is 0 Å². The molecule has 1 amide bonds. The topological polar surface area (TPSA) is 77.2 Å². The van der Waals surface area contributed by atoms with E-state index in [9.17, 15) is 4.79 Å². The summed E-state index contributed by atoms with van der Waals surface area (Å²) in [4.78, 5) is 16.6. The highest BCUT2D eigenvalue weighted by molar-refractivity contribution is 7.80. The lowest BCUT2D eigenvalue weighted by atomic mass is 9.97. The van der Waals surface area contributed by atoms with E-state index >= 15 is 0 Å². The van der Waals surface area contributed by atoms with Crippen molar-refractivity contribution in [3.05, 3.63) is 24.0 Å². The third kappa shape index (κ3) is 2.68. The van der Waals surface area contributed by atoms with Crippen LogP contribution < -0.4 is 15.8 Å². The van der Waals surface area contributed by atoms with E-state index in [1.54, 1.807) is 12.3 Å². The molecule has 0 aliphatic heterocycles. The fourth-order valence-electron chi connectivity index (χ4n) is 2.43. The van der Waals surface area contributed by atoms with Gasteiger partial charge in [0.2, 0.25) is 0 Å². The van der Waals surface area contributed by atoms with Crippen molar-refractivity contribution in [3.8, 4) is 5.75 Å². The molecule has 0 atom stereocenters. The van der Waals surface area contributed by atoms with Gasteiger partial charge in [0, 0.05) is 6.20 Å². The van der Waals surface area contributed by atoms with E-state index in [2.05, 4.69) is 10.3 Å². The van der Waals surface area contributed by atoms with Crippen LogP contribution in [-0.2, 0) is 0 Å². The van der Waals surface area contributed by atoms with Crippen molar-refractivity contribution in [1.82, 2.24) is 10.3 Å². The van der Waals surface area contributed by atoms with Gasteiger partial charge in [-0.1, -0.05) is 25.1 Å². The number of aromatic nitrogens is 1. The zero-order valence-electron chi connectivity index (χ0n) is 10.8. The SMILES string of the molecule is COc1cnccc1C(=O)NC1(C(N)=S)CCCC1. The number of nitrogens with two attached hydrogens (primary N) is 1. The summed E-state index contributed by atoms with van der Waals surface area (Å²) in [6.45, 7) is 0. The van der Waals surface area contributed by atoms with Gasteiger partial charge >= 0.3 is 0 Å². The van der Waals surface area contributed by atoms with Crippen molar-refractivity contribution in [2.24, 2.45) is 5.73 Å². The highest BCUT2D eigenvalue weighted by atomic mass is 32.1. The number of amides is 1. The van der Waals surface area contributed by atoms with Crippen LogP contribution >= 0.6 is 12.2 Å². The number of pyridine rings is 1. The van der Waals surface area contributed by atoms with Crippen molar-refractivity contribution < 1.29 is 9.53 Å². The zero-order valence-corrected chi connectivity index (χ0v) is 11.6. The molecule has 102 valence electrons. The summed E-state index contributed by atoms with van der Waals surface area (Å²) in [5.74, 6) is 0.213. The predicted octanol–water partition coefficient (Wildman–Crippen LogP) is 1.42. The third-order valence-corrected chi connectivity index (χ3v) is 3.92. The van der Waals surface area contributed by atoms with Crippen molar-refractivity contribution in [2.45, 2.75) is 31.2 Å². The predicted molar refractivity (Wildman–Crippen MR) is 76.2 cm³/mol. The molecule has 1 fully saturated rings. The van der Waals surface area contributed by atoms with Gasteiger partial charge in [-0.15, -0.1) is 0 Å². The number of methoxy groups -OCH3 is 1. The largest absolute Gasteiger partial charge is 0.494 e. The van der Waals surface area contributed by atoms with Crippen LogP contribution in [-0.4, -0.2) is 28.5 Å². The Morgan fingerprint density at radius 3 is 2.79 bits per heavy atom. The number of rotatable bonds is 4. The van der Waals surface area contributed by atoms with Gasteiger partial charge in [-0.3, -0.25) is 9.78 Å². The Bertz CT molecular complexity index is 498. The van der Waals surface area contributed by atoms with Crippen LogP contribution in [0.5, 0.6) is 5.75 Å². The number of thiocarbonyl (C=S) groups is 1. The maximum Gasteiger partial charge on any atom is 0.255 e. The van der Waals surface area contributed by atoms with Gasteiger partial charge in [0.05, 0.1) is 29.4 Å². The lowest BCUT2D eigenvalue weighted by Gasteiger charge is -2.29. The van der Waals surface area contributed by atoms with Gasteiger partial charge < -0.3 is 15.8 Å². The number of carbonyl (C=O) groups excluding carboxylic acids is 1. The van der Waals surface area contributed by atoms with Gasteiger partial charge in [0.25, 0.3) is 5.91 Å². The fraction of sp³-hybridized carbons (Fsp3) is 0.462. The molecule has 19 heavy (non-hydrogen) atoms. The van der Waals surface area contributed by atoms with Crippen LogP contribution in [0.4, 0.5) is 0 Å². The highest BCUT2D eigenvalue weighted by Crippen LogP contribution is 2.30. The van der Waals surface area contributed by atoms with Crippen molar-refractivity contribution in [2.75, 3.05) is 7.11 Å². The number of carbonyl (C=O) groups is 1. The number of ether oxygens (including phenoxy) is 1. The van der Waals surface area contributed by atoms with E-state index < -0.39 is 5.54 Å². The Labute approximate surface area is 117 Å². The molecule has 3 N–H and O–H groups in total. The average Bonchev–Trinajstić information content (AvgIpc) is 2.88. The minimum atomic E-state index is -0.555. The second-order valence-electron chi connectivity index (χ2n) is 4.68. The molecule has 6 heteroatoms. The second kappa shape index (κ2) is 5.52. The molecule has 1 aromatic heterocycles. The Morgan fingerprint density at radius 2 is 2.21 bits per heavy atom. The lowest BCUT2D eigenvalue weighted by molar-refractivity contribution is 0.0921. The number of nitrogens with one attached hydrogen (secondary N) is 1. The summed E-state index contributed by atoms with van der Waals surface area (Å²) in [6.07, 6.45) is 6.69. The van der Waals surface area contributed by atoms with E-state index in [0.29, 0.717) is 16.3 Å². The summed E-state index contributed by atoms with van der Waals surface area (Å²) < 4.78 is 5.14. The molecule has 0 radical (unpaired) electrons. The lowest BCUT2D eigenvalue weighted by Crippen LogP contribution is -2.54. The Morgan fingerprint density at radius 1 is 1.53 bits per heavy atom. The number of hydrogen-bond donors (Lipinski definition) is 2. The average molecular weight is 279 g/mol. The van der Waals surface area contributed by atoms with Crippen LogP contribution in [0.15, 0.2) is 18.5 Å². The van der Waals surface area contributed by atoms with E-state index in [4.69, 9.17) is 22.7 Å². The van der Waals surface area contributed by atoms with Gasteiger partial charge in [-0.05, 0) is 18.9 Å². The van der Waals surface area contributed by atoms with Crippen molar-refractivity contribution in [1.29, 1.82) is 0 Å². The molecule has 5 nitrogen and oxygen atoms in total. The Hall–Kier alpha value is -1.69. The second-order valence-corrected chi connectivity index (χ2v) is 5.12. The van der Waals surface area contributed by atoms with Crippen LogP contribution in [0.25, 0.3) is 0 Å². The minimum absolute atomic E-state index is 0.228. The summed E-state index contributed by atoms with van der Waals surface area (Å²) in [5.41, 5.74) is 5.69. The number of nitrogens with zero attached hydrogens (tertiary/aromatic N) is 1. The molecule has 1 aromatic rings. The van der Waals surface area contributed by atoms with Gasteiger partial charge in [0.15, 0.2) is 0 Å². The minimum Gasteiger partial charge on any atom is -0.494 e. The van der Waals surface area contributed by atoms with E-state index in [-0.39, 0.29) is 5.91 Å². The Balaban J connectivity index is 2.23. The van der Waals surface area contributed by atoms with Crippen LogP contribution in [0.1, 0.15) is 36.0 Å². The quantitative estimate of drug-likeness (QED) is 0.815. The molecule has 0 saturated heterocycles. The van der Waals surface area contributed by atoms with Crippen LogP contribution in [0.2, 0.25) is 0 Å². The van der Waals surface area contributed by atoms with Crippen LogP contribution in [0, 0.1) is 0 Å². The molecule has 0 bridgehead atoms. The summed E-state index contributed by atoms with van der Waals surface area (Å²) >= 11 is 5.12. The monoisotopic (exact) mass is 279 g/mol. The normalized spacial score (nSPS) is 16.9. The molecule has 1 aliphatic carbocycles. The molecule has 0 spiro atoms. The molecular weight excluding hydrogens is 262 g/mol. The molecule has 0 aromatic carbocycles. The fourth-order valence-corrected chi connectivity index (χ4v) is 2.68. The Kier molecular flexibility index (Phi) is 3.99. The molecule has 1 saturated carbocycles. The smallest absolute Gasteiger partial charge is 0.255 e. The van der Waals surface area contributed by atoms with Gasteiger partial charge in [-0.2, -0.15) is 0 Å². The first-order valence-corrected chi connectivity index (χ1v) is 6.60. The summed E-state index contributed by atoms with van der Waals surface area (Å²) in [7, 11) is 1.51. The molecular formula is C13H17N3O2S. The first kappa shape index (κ1) is 13.7. The molecule has 2 rings (SSSR count). The van der Waals surface area contributed by atoms with Gasteiger partial charge in [-0.25, -0.2) is 0 Å². The molecule has 0 unspecified atom stereocenters. The third-order valence-electron chi connectivity index (χ3n) is 3.53.